The highest BCUT2D eigenvalue weighted by molar-refractivity contribution is 5.65. The quantitative estimate of drug-likeness (QED) is 0.758. The number of carbonyl (C=O) groups is 1. The number of piperidine rings is 1. The van der Waals surface area contributed by atoms with Crippen LogP contribution in [0.15, 0.2) is 24.3 Å². The van der Waals surface area contributed by atoms with E-state index in [1.165, 1.54) is 0 Å². The van der Waals surface area contributed by atoms with Crippen molar-refractivity contribution in [3.63, 3.8) is 0 Å². The third-order valence-electron chi connectivity index (χ3n) is 3.21. The SMILES string of the molecule is Nc1ccc(C2CCN(C(=O)O)CC2(F)F)cc1. The summed E-state index contributed by atoms with van der Waals surface area (Å²) in [5.74, 6) is -4.00. The second-order valence-corrected chi connectivity index (χ2v) is 4.47. The molecule has 2 rings (SSSR count). The van der Waals surface area contributed by atoms with E-state index in [2.05, 4.69) is 0 Å². The molecule has 3 N–H and O–H groups in total. The maximum atomic E-state index is 13.9. The summed E-state index contributed by atoms with van der Waals surface area (Å²) in [4.78, 5) is 11.5. The lowest BCUT2D eigenvalue weighted by atomic mass is 9.86. The Hall–Kier alpha value is -1.85. The molecule has 98 valence electrons. The van der Waals surface area contributed by atoms with Gasteiger partial charge in [-0.2, -0.15) is 0 Å². The molecule has 0 radical (unpaired) electrons. The van der Waals surface area contributed by atoms with Gasteiger partial charge in [0, 0.05) is 12.2 Å². The summed E-state index contributed by atoms with van der Waals surface area (Å²) in [6, 6.07) is 6.30. The van der Waals surface area contributed by atoms with Crippen LogP contribution in [0.1, 0.15) is 17.9 Å². The molecule has 1 fully saturated rings. The van der Waals surface area contributed by atoms with Crippen LogP contribution in [0.2, 0.25) is 0 Å². The van der Waals surface area contributed by atoms with Crippen molar-refractivity contribution >= 4 is 11.8 Å². The maximum Gasteiger partial charge on any atom is 0.407 e. The van der Waals surface area contributed by atoms with Gasteiger partial charge in [0.1, 0.15) is 0 Å². The number of nitrogen functional groups attached to an aromatic ring is 1. The second kappa shape index (κ2) is 4.44. The van der Waals surface area contributed by atoms with E-state index in [-0.39, 0.29) is 13.0 Å². The molecule has 0 aliphatic carbocycles. The smallest absolute Gasteiger partial charge is 0.407 e. The summed E-state index contributed by atoms with van der Waals surface area (Å²) in [5.41, 5.74) is 6.53. The number of nitrogens with two attached hydrogens (primary N) is 1. The largest absolute Gasteiger partial charge is 0.465 e. The van der Waals surface area contributed by atoms with Crippen LogP contribution in [0.5, 0.6) is 0 Å². The molecule has 4 nitrogen and oxygen atoms in total. The number of hydrogen-bond donors (Lipinski definition) is 2. The molecule has 1 aromatic carbocycles. The summed E-state index contributed by atoms with van der Waals surface area (Å²) in [6.45, 7) is -0.628. The zero-order valence-electron chi connectivity index (χ0n) is 9.64. The third kappa shape index (κ3) is 2.37. The number of carboxylic acid groups (broad SMARTS) is 1. The Bertz CT molecular complexity index is 448. The van der Waals surface area contributed by atoms with E-state index < -0.39 is 24.5 Å². The molecule has 0 spiro atoms. The number of anilines is 1. The molecule has 1 amide bonds. The van der Waals surface area contributed by atoms with Gasteiger partial charge in [-0.15, -0.1) is 0 Å². The maximum absolute atomic E-state index is 13.9. The van der Waals surface area contributed by atoms with E-state index in [0.29, 0.717) is 11.3 Å². The normalized spacial score (nSPS) is 22.8. The van der Waals surface area contributed by atoms with Gasteiger partial charge in [-0.05, 0) is 24.1 Å². The average Bonchev–Trinajstić information content (AvgIpc) is 2.29. The molecule has 18 heavy (non-hydrogen) atoms. The molecule has 0 saturated carbocycles. The summed E-state index contributed by atoms with van der Waals surface area (Å²) in [5, 5.41) is 8.74. The lowest BCUT2D eigenvalue weighted by Crippen LogP contribution is -2.49. The van der Waals surface area contributed by atoms with Crippen molar-refractivity contribution < 1.29 is 18.7 Å². The highest BCUT2D eigenvalue weighted by atomic mass is 19.3. The first-order valence-corrected chi connectivity index (χ1v) is 5.61. The van der Waals surface area contributed by atoms with Crippen molar-refractivity contribution in [3.05, 3.63) is 29.8 Å². The number of benzene rings is 1. The Morgan fingerprint density at radius 2 is 2.00 bits per heavy atom. The van der Waals surface area contributed by atoms with E-state index in [1.54, 1.807) is 24.3 Å². The predicted octanol–water partition coefficient (Wildman–Crippen LogP) is 2.37. The van der Waals surface area contributed by atoms with Gasteiger partial charge in [0.2, 0.25) is 0 Å². The Morgan fingerprint density at radius 1 is 1.39 bits per heavy atom. The van der Waals surface area contributed by atoms with E-state index in [1.807, 2.05) is 0 Å². The second-order valence-electron chi connectivity index (χ2n) is 4.47. The first-order chi connectivity index (χ1) is 8.40. The Labute approximate surface area is 103 Å². The highest BCUT2D eigenvalue weighted by Gasteiger charge is 2.46. The van der Waals surface area contributed by atoms with Gasteiger partial charge in [0.05, 0.1) is 12.5 Å². The number of rotatable bonds is 1. The van der Waals surface area contributed by atoms with E-state index in [9.17, 15) is 13.6 Å². The van der Waals surface area contributed by atoms with Gasteiger partial charge in [-0.3, -0.25) is 0 Å². The predicted molar refractivity (Wildman–Crippen MR) is 62.8 cm³/mol. The molecule has 1 aromatic rings. The van der Waals surface area contributed by atoms with Crippen molar-refractivity contribution in [3.8, 4) is 0 Å². The molecule has 0 aromatic heterocycles. The Kier molecular flexibility index (Phi) is 3.11. The zero-order chi connectivity index (χ0) is 13.3. The first-order valence-electron chi connectivity index (χ1n) is 5.61. The highest BCUT2D eigenvalue weighted by Crippen LogP contribution is 2.40. The van der Waals surface area contributed by atoms with Crippen LogP contribution in [0, 0.1) is 0 Å². The topological polar surface area (TPSA) is 66.6 Å². The van der Waals surface area contributed by atoms with Crippen LogP contribution in [0.25, 0.3) is 0 Å². The van der Waals surface area contributed by atoms with E-state index in [0.717, 1.165) is 4.90 Å². The van der Waals surface area contributed by atoms with Crippen molar-refractivity contribution in [2.75, 3.05) is 18.8 Å². The zero-order valence-corrected chi connectivity index (χ0v) is 9.64. The molecule has 1 saturated heterocycles. The number of amides is 1. The fourth-order valence-corrected chi connectivity index (χ4v) is 2.24. The fourth-order valence-electron chi connectivity index (χ4n) is 2.24. The molecular weight excluding hydrogens is 242 g/mol. The van der Waals surface area contributed by atoms with Crippen LogP contribution in [0.3, 0.4) is 0 Å². The van der Waals surface area contributed by atoms with Crippen LogP contribution >= 0.6 is 0 Å². The van der Waals surface area contributed by atoms with Crippen molar-refractivity contribution in [2.45, 2.75) is 18.3 Å². The summed E-state index contributed by atoms with van der Waals surface area (Å²) in [7, 11) is 0. The summed E-state index contributed by atoms with van der Waals surface area (Å²) >= 11 is 0. The van der Waals surface area contributed by atoms with Crippen LogP contribution in [-0.4, -0.2) is 35.1 Å². The Morgan fingerprint density at radius 3 is 2.50 bits per heavy atom. The number of likely N-dealkylation sites (tertiary alicyclic amines) is 1. The van der Waals surface area contributed by atoms with Crippen molar-refractivity contribution in [1.29, 1.82) is 0 Å². The molecule has 1 heterocycles. The van der Waals surface area contributed by atoms with Crippen molar-refractivity contribution in [1.82, 2.24) is 4.90 Å². The van der Waals surface area contributed by atoms with Gasteiger partial charge < -0.3 is 15.7 Å². The van der Waals surface area contributed by atoms with Gasteiger partial charge >= 0.3 is 6.09 Å². The number of nitrogens with zero attached hydrogens (tertiary/aromatic N) is 1. The van der Waals surface area contributed by atoms with Crippen LogP contribution in [-0.2, 0) is 0 Å². The van der Waals surface area contributed by atoms with Crippen LogP contribution < -0.4 is 5.73 Å². The molecule has 1 aliphatic heterocycles. The molecule has 1 atom stereocenters. The third-order valence-corrected chi connectivity index (χ3v) is 3.21. The molecule has 1 aliphatic rings. The van der Waals surface area contributed by atoms with Gasteiger partial charge in [-0.25, -0.2) is 13.6 Å². The number of hydrogen-bond acceptors (Lipinski definition) is 2. The standard InChI is InChI=1S/C12H14F2N2O2/c13-12(14)7-16(11(17)18)6-5-10(12)8-1-3-9(15)4-2-8/h1-4,10H,5-7,15H2,(H,17,18). The molecular formula is C12H14F2N2O2. The van der Waals surface area contributed by atoms with Gasteiger partial charge in [0.15, 0.2) is 0 Å². The molecule has 0 bridgehead atoms. The van der Waals surface area contributed by atoms with Crippen LogP contribution in [0.4, 0.5) is 19.3 Å². The monoisotopic (exact) mass is 256 g/mol. The lowest BCUT2D eigenvalue weighted by molar-refractivity contribution is -0.0761. The van der Waals surface area contributed by atoms with Crippen molar-refractivity contribution in [2.24, 2.45) is 0 Å². The Balaban J connectivity index is 2.20. The number of halogens is 2. The van der Waals surface area contributed by atoms with E-state index in [4.69, 9.17) is 10.8 Å². The lowest BCUT2D eigenvalue weighted by Gasteiger charge is -2.37. The first kappa shape index (κ1) is 12.6. The minimum absolute atomic E-state index is 0.114. The minimum Gasteiger partial charge on any atom is -0.465 e. The average molecular weight is 256 g/mol. The molecule has 1 unspecified atom stereocenters. The van der Waals surface area contributed by atoms with Gasteiger partial charge in [0.25, 0.3) is 5.92 Å². The fraction of sp³-hybridized carbons (Fsp3) is 0.417. The van der Waals surface area contributed by atoms with E-state index >= 15 is 0 Å². The minimum atomic E-state index is -3.05. The number of alkyl halides is 2. The molecule has 6 heteroatoms. The van der Waals surface area contributed by atoms with Gasteiger partial charge in [-0.1, -0.05) is 12.1 Å². The summed E-state index contributed by atoms with van der Waals surface area (Å²) in [6.07, 6.45) is -1.19. The summed E-state index contributed by atoms with van der Waals surface area (Å²) < 4.78 is 27.9.